The summed E-state index contributed by atoms with van der Waals surface area (Å²) < 4.78 is 0.725. The van der Waals surface area contributed by atoms with E-state index in [1.54, 1.807) is 18.2 Å². The van der Waals surface area contributed by atoms with Crippen LogP contribution in [-0.4, -0.2) is 10.2 Å². The molecule has 1 aromatic carbocycles. The van der Waals surface area contributed by atoms with E-state index in [0.717, 1.165) is 9.13 Å². The van der Waals surface area contributed by atoms with Gasteiger partial charge in [0.2, 0.25) is 0 Å². The van der Waals surface area contributed by atoms with Gasteiger partial charge >= 0.3 is 0 Å². The largest absolute Gasteiger partial charge is 0.507 e. The zero-order chi connectivity index (χ0) is 7.56. The summed E-state index contributed by atoms with van der Waals surface area (Å²) in [6.07, 6.45) is 0. The maximum Gasteiger partial charge on any atom is 0.129 e. The molecule has 2 nitrogen and oxygen atoms in total. The van der Waals surface area contributed by atoms with E-state index < -0.39 is 0 Å². The molecule has 10 heavy (non-hydrogen) atoms. The van der Waals surface area contributed by atoms with Crippen molar-refractivity contribution in [3.8, 4) is 5.75 Å². The van der Waals surface area contributed by atoms with E-state index in [2.05, 4.69) is 0 Å². The van der Waals surface area contributed by atoms with Crippen LogP contribution in [0.4, 0.5) is 0 Å². The fourth-order valence-corrected chi connectivity index (χ4v) is 1.22. The van der Waals surface area contributed by atoms with Crippen LogP contribution in [0.3, 0.4) is 0 Å². The standard InChI is InChI=1S/C7H7IO2/c8-7-5(4-9)2-1-3-6(7)10/h1-3,9-10H,4H2. The van der Waals surface area contributed by atoms with Gasteiger partial charge in [-0.05, 0) is 34.2 Å². The number of phenolic OH excluding ortho intramolecular Hbond substituents is 1. The Hall–Kier alpha value is -0.290. The molecule has 0 aliphatic heterocycles. The number of rotatable bonds is 1. The third kappa shape index (κ3) is 1.41. The molecule has 0 aromatic heterocycles. The average Bonchev–Trinajstić information content (AvgIpc) is 1.95. The third-order valence-corrected chi connectivity index (χ3v) is 2.47. The molecule has 0 saturated heterocycles. The molecule has 1 aromatic rings. The number of halogens is 1. The van der Waals surface area contributed by atoms with Crippen molar-refractivity contribution in [1.82, 2.24) is 0 Å². The molecular formula is C7H7IO2. The molecular weight excluding hydrogens is 243 g/mol. The number of hydrogen-bond donors (Lipinski definition) is 2. The lowest BCUT2D eigenvalue weighted by Gasteiger charge is -2.00. The van der Waals surface area contributed by atoms with Crippen molar-refractivity contribution in [1.29, 1.82) is 0 Å². The highest BCUT2D eigenvalue weighted by Gasteiger charge is 2.00. The van der Waals surface area contributed by atoms with Crippen LogP contribution in [-0.2, 0) is 6.61 Å². The van der Waals surface area contributed by atoms with Gasteiger partial charge in [0.05, 0.1) is 10.2 Å². The molecule has 0 heterocycles. The summed E-state index contributed by atoms with van der Waals surface area (Å²) in [5.74, 6) is 0.229. The zero-order valence-corrected chi connectivity index (χ0v) is 7.37. The summed E-state index contributed by atoms with van der Waals surface area (Å²) >= 11 is 1.99. The quantitative estimate of drug-likeness (QED) is 0.741. The van der Waals surface area contributed by atoms with E-state index in [1.165, 1.54) is 0 Å². The zero-order valence-electron chi connectivity index (χ0n) is 5.21. The molecule has 0 aliphatic carbocycles. The minimum absolute atomic E-state index is 0.0212. The number of aromatic hydroxyl groups is 1. The van der Waals surface area contributed by atoms with Gasteiger partial charge in [-0.2, -0.15) is 0 Å². The van der Waals surface area contributed by atoms with Crippen LogP contribution >= 0.6 is 22.6 Å². The Morgan fingerprint density at radius 1 is 1.40 bits per heavy atom. The maximum absolute atomic E-state index is 9.11. The molecule has 0 radical (unpaired) electrons. The van der Waals surface area contributed by atoms with Crippen LogP contribution in [0.1, 0.15) is 5.56 Å². The first kappa shape index (κ1) is 7.81. The molecule has 0 amide bonds. The minimum atomic E-state index is -0.0212. The van der Waals surface area contributed by atoms with Gasteiger partial charge in [0.1, 0.15) is 5.75 Å². The fourth-order valence-electron chi connectivity index (χ4n) is 0.688. The average molecular weight is 250 g/mol. The van der Waals surface area contributed by atoms with E-state index in [0.29, 0.717) is 0 Å². The summed E-state index contributed by atoms with van der Waals surface area (Å²) in [4.78, 5) is 0. The molecule has 0 atom stereocenters. The molecule has 0 spiro atoms. The second-order valence-electron chi connectivity index (χ2n) is 1.91. The second kappa shape index (κ2) is 3.21. The van der Waals surface area contributed by atoms with Crippen LogP contribution in [0.15, 0.2) is 18.2 Å². The number of aliphatic hydroxyl groups excluding tert-OH is 1. The monoisotopic (exact) mass is 250 g/mol. The van der Waals surface area contributed by atoms with Crippen LogP contribution in [0.2, 0.25) is 0 Å². The predicted molar refractivity (Wildman–Crippen MR) is 46.7 cm³/mol. The maximum atomic E-state index is 9.11. The van der Waals surface area contributed by atoms with Crippen molar-refractivity contribution in [3.63, 3.8) is 0 Å². The summed E-state index contributed by atoms with van der Waals surface area (Å²) in [6, 6.07) is 5.09. The summed E-state index contributed by atoms with van der Waals surface area (Å²) in [6.45, 7) is -0.0212. The topological polar surface area (TPSA) is 40.5 Å². The summed E-state index contributed by atoms with van der Waals surface area (Å²) in [5.41, 5.74) is 0.764. The van der Waals surface area contributed by atoms with Crippen LogP contribution in [0, 0.1) is 3.57 Å². The predicted octanol–water partition coefficient (Wildman–Crippen LogP) is 1.49. The van der Waals surface area contributed by atoms with Gasteiger partial charge in [-0.25, -0.2) is 0 Å². The Morgan fingerprint density at radius 2 is 2.10 bits per heavy atom. The molecule has 2 N–H and O–H groups in total. The van der Waals surface area contributed by atoms with E-state index in [9.17, 15) is 0 Å². The lowest BCUT2D eigenvalue weighted by atomic mass is 10.2. The van der Waals surface area contributed by atoms with Crippen molar-refractivity contribution >= 4 is 22.6 Å². The molecule has 0 fully saturated rings. The van der Waals surface area contributed by atoms with Gasteiger partial charge in [0.15, 0.2) is 0 Å². The van der Waals surface area contributed by atoms with Crippen LogP contribution in [0.5, 0.6) is 5.75 Å². The number of hydrogen-bond acceptors (Lipinski definition) is 2. The fraction of sp³-hybridized carbons (Fsp3) is 0.143. The first-order chi connectivity index (χ1) is 4.75. The number of phenols is 1. The van der Waals surface area contributed by atoms with Gasteiger partial charge in [0, 0.05) is 0 Å². The Labute approximate surface area is 72.6 Å². The first-order valence-electron chi connectivity index (χ1n) is 2.83. The minimum Gasteiger partial charge on any atom is -0.507 e. The Bertz CT molecular complexity index is 235. The van der Waals surface area contributed by atoms with Crippen molar-refractivity contribution in [2.24, 2.45) is 0 Å². The highest BCUT2D eigenvalue weighted by molar-refractivity contribution is 14.1. The molecule has 0 bridgehead atoms. The Morgan fingerprint density at radius 3 is 2.60 bits per heavy atom. The lowest BCUT2D eigenvalue weighted by Crippen LogP contribution is -1.86. The van der Waals surface area contributed by atoms with E-state index in [1.807, 2.05) is 22.6 Å². The summed E-state index contributed by atoms with van der Waals surface area (Å²) in [7, 11) is 0. The highest BCUT2D eigenvalue weighted by Crippen LogP contribution is 2.22. The second-order valence-corrected chi connectivity index (χ2v) is 2.99. The van der Waals surface area contributed by atoms with E-state index in [4.69, 9.17) is 10.2 Å². The smallest absolute Gasteiger partial charge is 0.129 e. The van der Waals surface area contributed by atoms with Crippen molar-refractivity contribution in [2.45, 2.75) is 6.61 Å². The van der Waals surface area contributed by atoms with E-state index >= 15 is 0 Å². The van der Waals surface area contributed by atoms with Crippen LogP contribution in [0.25, 0.3) is 0 Å². The molecule has 0 unspecified atom stereocenters. The molecule has 0 aliphatic rings. The molecule has 0 saturated carbocycles. The summed E-state index contributed by atoms with van der Waals surface area (Å²) in [5, 5.41) is 17.8. The molecule has 3 heteroatoms. The van der Waals surface area contributed by atoms with Gasteiger partial charge in [-0.1, -0.05) is 12.1 Å². The Kier molecular flexibility index (Phi) is 2.50. The SMILES string of the molecule is OCc1cccc(O)c1I. The van der Waals surface area contributed by atoms with Gasteiger partial charge < -0.3 is 10.2 Å². The van der Waals surface area contributed by atoms with Crippen molar-refractivity contribution < 1.29 is 10.2 Å². The van der Waals surface area contributed by atoms with Crippen LogP contribution < -0.4 is 0 Å². The lowest BCUT2D eigenvalue weighted by molar-refractivity contribution is 0.280. The molecule has 1 rings (SSSR count). The van der Waals surface area contributed by atoms with Gasteiger partial charge in [0.25, 0.3) is 0 Å². The van der Waals surface area contributed by atoms with Gasteiger partial charge in [-0.3, -0.25) is 0 Å². The normalized spacial score (nSPS) is 9.80. The Balaban J connectivity index is 3.14. The van der Waals surface area contributed by atoms with E-state index in [-0.39, 0.29) is 12.4 Å². The first-order valence-corrected chi connectivity index (χ1v) is 3.91. The van der Waals surface area contributed by atoms with Crippen molar-refractivity contribution in [3.05, 3.63) is 27.3 Å². The number of aliphatic hydroxyl groups is 1. The van der Waals surface area contributed by atoms with Crippen molar-refractivity contribution in [2.75, 3.05) is 0 Å². The number of benzene rings is 1. The third-order valence-electron chi connectivity index (χ3n) is 1.23. The van der Waals surface area contributed by atoms with Gasteiger partial charge in [-0.15, -0.1) is 0 Å². The molecule has 54 valence electrons. The highest BCUT2D eigenvalue weighted by atomic mass is 127.